The van der Waals surface area contributed by atoms with Gasteiger partial charge in [-0.1, -0.05) is 24.0 Å². The number of anilines is 1. The van der Waals surface area contributed by atoms with E-state index < -0.39 is 0 Å². The average Bonchev–Trinajstić information content (AvgIpc) is 3.48. The highest BCUT2D eigenvalue weighted by Crippen LogP contribution is 2.39. The lowest BCUT2D eigenvalue weighted by atomic mass is 9.95. The monoisotopic (exact) mass is 504 g/mol. The number of thiocarbonyl (C=S) groups is 1. The van der Waals surface area contributed by atoms with E-state index in [-0.39, 0.29) is 30.8 Å². The fourth-order valence-corrected chi connectivity index (χ4v) is 6.44. The lowest BCUT2D eigenvalue weighted by Gasteiger charge is -2.14. The van der Waals surface area contributed by atoms with Gasteiger partial charge in [0.05, 0.1) is 23.3 Å². The van der Waals surface area contributed by atoms with E-state index in [0.29, 0.717) is 38.5 Å². The van der Waals surface area contributed by atoms with E-state index in [9.17, 15) is 14.4 Å². The quantitative estimate of drug-likeness (QED) is 0.307. The van der Waals surface area contributed by atoms with Crippen molar-refractivity contribution in [3.63, 3.8) is 0 Å². The molecule has 0 spiro atoms. The molecule has 0 bridgehead atoms. The van der Waals surface area contributed by atoms with Gasteiger partial charge in [0.15, 0.2) is 0 Å². The van der Waals surface area contributed by atoms with E-state index in [1.165, 1.54) is 28.0 Å². The molecule has 1 saturated heterocycles. The van der Waals surface area contributed by atoms with Crippen LogP contribution in [0.5, 0.6) is 0 Å². The molecule has 7 nitrogen and oxygen atoms in total. The molecule has 0 atom stereocenters. The predicted octanol–water partition coefficient (Wildman–Crippen LogP) is 5.02. The Morgan fingerprint density at radius 2 is 2.15 bits per heavy atom. The summed E-state index contributed by atoms with van der Waals surface area (Å²) >= 11 is 8.03. The number of fused-ring (bicyclic) bond motifs is 1. The van der Waals surface area contributed by atoms with Gasteiger partial charge in [0.25, 0.3) is 5.91 Å². The molecule has 0 unspecified atom stereocenters. The molecule has 33 heavy (non-hydrogen) atoms. The molecule has 1 N–H and O–H groups in total. The summed E-state index contributed by atoms with van der Waals surface area (Å²) in [5.74, 6) is -0.174. The zero-order valence-corrected chi connectivity index (χ0v) is 20.6. The van der Waals surface area contributed by atoms with Crippen LogP contribution in [0.15, 0.2) is 27.7 Å². The van der Waals surface area contributed by atoms with Crippen molar-refractivity contribution < 1.29 is 23.5 Å². The van der Waals surface area contributed by atoms with Crippen LogP contribution in [0, 0.1) is 0 Å². The van der Waals surface area contributed by atoms with E-state index in [1.807, 2.05) is 0 Å². The molecule has 1 fully saturated rings. The standard InChI is InChI=1S/C23H24N2O5S3/c1-2-29-22(28)19-15-8-3-4-9-16(15)32-20(19)24-18(26)10-5-11-25-21(27)17(33-23(25)31)13-14-7-6-12-30-14/h6-7,12-13H,2-5,8-11H2,1H3,(H,24,26). The molecule has 0 saturated carbocycles. The molecule has 4 rings (SSSR count). The lowest BCUT2D eigenvalue weighted by molar-refractivity contribution is -0.122. The van der Waals surface area contributed by atoms with Gasteiger partial charge in [-0.3, -0.25) is 14.5 Å². The number of rotatable bonds is 8. The molecule has 2 aromatic heterocycles. The number of amides is 2. The van der Waals surface area contributed by atoms with E-state index in [0.717, 1.165) is 36.1 Å². The summed E-state index contributed by atoms with van der Waals surface area (Å²) in [7, 11) is 0. The third-order valence-electron chi connectivity index (χ3n) is 5.38. The Morgan fingerprint density at radius 3 is 2.91 bits per heavy atom. The summed E-state index contributed by atoms with van der Waals surface area (Å²) in [5, 5.41) is 3.47. The third kappa shape index (κ3) is 5.39. The van der Waals surface area contributed by atoms with Crippen molar-refractivity contribution in [3.05, 3.63) is 45.1 Å². The number of carbonyl (C=O) groups excluding carboxylic acids is 3. The molecular weight excluding hydrogens is 480 g/mol. The molecule has 174 valence electrons. The summed E-state index contributed by atoms with van der Waals surface area (Å²) in [5.41, 5.74) is 1.52. The van der Waals surface area contributed by atoms with Crippen molar-refractivity contribution in [1.82, 2.24) is 4.90 Å². The summed E-state index contributed by atoms with van der Waals surface area (Å²) in [4.78, 5) is 41.0. The van der Waals surface area contributed by atoms with Crippen LogP contribution in [0.4, 0.5) is 5.00 Å². The van der Waals surface area contributed by atoms with Crippen LogP contribution in [-0.4, -0.2) is 40.2 Å². The van der Waals surface area contributed by atoms with Gasteiger partial charge < -0.3 is 14.5 Å². The molecule has 2 amide bonds. The minimum Gasteiger partial charge on any atom is -0.465 e. The van der Waals surface area contributed by atoms with Gasteiger partial charge in [0.1, 0.15) is 15.1 Å². The smallest absolute Gasteiger partial charge is 0.341 e. The predicted molar refractivity (Wildman–Crippen MR) is 133 cm³/mol. The second-order valence-corrected chi connectivity index (χ2v) is 10.4. The number of furan rings is 1. The van der Waals surface area contributed by atoms with Crippen LogP contribution in [0.25, 0.3) is 6.08 Å². The molecule has 2 aliphatic rings. The minimum atomic E-state index is -0.381. The Bertz CT molecular complexity index is 1100. The SMILES string of the molecule is CCOC(=O)c1c(NC(=O)CCCN2C(=O)C(=Cc3ccco3)SC2=S)sc2c1CCCC2. The average molecular weight is 505 g/mol. The number of hydrogen-bond acceptors (Lipinski definition) is 8. The lowest BCUT2D eigenvalue weighted by Crippen LogP contribution is -2.29. The van der Waals surface area contributed by atoms with Crippen molar-refractivity contribution in [2.75, 3.05) is 18.5 Å². The number of carbonyl (C=O) groups is 3. The first-order valence-corrected chi connectivity index (χ1v) is 12.9. The van der Waals surface area contributed by atoms with Crippen LogP contribution in [0.3, 0.4) is 0 Å². The summed E-state index contributed by atoms with van der Waals surface area (Å²) < 4.78 is 11.0. The minimum absolute atomic E-state index is 0.183. The fourth-order valence-electron chi connectivity index (χ4n) is 3.86. The van der Waals surface area contributed by atoms with Gasteiger partial charge in [0, 0.05) is 23.9 Å². The maximum Gasteiger partial charge on any atom is 0.341 e. The van der Waals surface area contributed by atoms with Gasteiger partial charge in [-0.05, 0) is 56.7 Å². The van der Waals surface area contributed by atoms with Crippen molar-refractivity contribution in [1.29, 1.82) is 0 Å². The molecule has 0 radical (unpaired) electrons. The van der Waals surface area contributed by atoms with Crippen molar-refractivity contribution in [2.24, 2.45) is 0 Å². The largest absolute Gasteiger partial charge is 0.465 e. The van der Waals surface area contributed by atoms with Gasteiger partial charge >= 0.3 is 5.97 Å². The van der Waals surface area contributed by atoms with E-state index in [2.05, 4.69) is 5.32 Å². The fraction of sp³-hybridized carbons (Fsp3) is 0.391. The maximum atomic E-state index is 12.7. The number of nitrogens with zero attached hydrogens (tertiary/aromatic N) is 1. The normalized spacial score (nSPS) is 16.9. The molecule has 2 aromatic rings. The topological polar surface area (TPSA) is 88.9 Å². The number of hydrogen-bond donors (Lipinski definition) is 1. The van der Waals surface area contributed by atoms with Crippen LogP contribution < -0.4 is 5.32 Å². The number of thioether (sulfide) groups is 1. The summed E-state index contributed by atoms with van der Waals surface area (Å²) in [6, 6.07) is 3.52. The Balaban J connectivity index is 1.36. The highest BCUT2D eigenvalue weighted by Gasteiger charge is 2.32. The Kier molecular flexibility index (Phi) is 7.67. The second-order valence-electron chi connectivity index (χ2n) is 7.64. The maximum absolute atomic E-state index is 12.7. The Labute approximate surface area is 205 Å². The molecule has 1 aliphatic heterocycles. The first kappa shape index (κ1) is 23.7. The van der Waals surface area contributed by atoms with Gasteiger partial charge in [-0.2, -0.15) is 0 Å². The molecule has 0 aromatic carbocycles. The van der Waals surface area contributed by atoms with Crippen LogP contribution in [-0.2, 0) is 27.2 Å². The first-order valence-electron chi connectivity index (χ1n) is 10.9. The highest BCUT2D eigenvalue weighted by atomic mass is 32.2. The van der Waals surface area contributed by atoms with E-state index in [4.69, 9.17) is 21.4 Å². The summed E-state index contributed by atoms with van der Waals surface area (Å²) in [6.07, 6.45) is 7.73. The van der Waals surface area contributed by atoms with Crippen molar-refractivity contribution >= 4 is 68.5 Å². The van der Waals surface area contributed by atoms with Crippen LogP contribution in [0.1, 0.15) is 59.2 Å². The molecule has 1 aliphatic carbocycles. The highest BCUT2D eigenvalue weighted by molar-refractivity contribution is 8.26. The zero-order chi connectivity index (χ0) is 23.4. The van der Waals surface area contributed by atoms with Crippen molar-refractivity contribution in [3.8, 4) is 0 Å². The van der Waals surface area contributed by atoms with Crippen LogP contribution >= 0.6 is 35.3 Å². The number of thiophene rings is 1. The van der Waals surface area contributed by atoms with Gasteiger partial charge in [-0.15, -0.1) is 11.3 Å². The van der Waals surface area contributed by atoms with Gasteiger partial charge in [-0.25, -0.2) is 4.79 Å². The molecular formula is C23H24N2O5S3. The van der Waals surface area contributed by atoms with E-state index >= 15 is 0 Å². The van der Waals surface area contributed by atoms with E-state index in [1.54, 1.807) is 31.4 Å². The third-order valence-corrected chi connectivity index (χ3v) is 7.96. The molecule has 3 heterocycles. The first-order chi connectivity index (χ1) is 16.0. The molecule has 10 heteroatoms. The Morgan fingerprint density at radius 1 is 1.33 bits per heavy atom. The van der Waals surface area contributed by atoms with Crippen molar-refractivity contribution in [2.45, 2.75) is 45.4 Å². The Hall–Kier alpha value is -2.43. The van der Waals surface area contributed by atoms with Gasteiger partial charge in [0.2, 0.25) is 5.91 Å². The second kappa shape index (κ2) is 10.7. The number of esters is 1. The number of aryl methyl sites for hydroxylation is 1. The number of ether oxygens (including phenoxy) is 1. The number of nitrogens with one attached hydrogen (secondary N) is 1. The zero-order valence-electron chi connectivity index (χ0n) is 18.2. The summed E-state index contributed by atoms with van der Waals surface area (Å²) in [6.45, 7) is 2.40. The van der Waals surface area contributed by atoms with Crippen LogP contribution in [0.2, 0.25) is 0 Å².